The van der Waals surface area contributed by atoms with Crippen LogP contribution in [0.3, 0.4) is 0 Å². The fourth-order valence-corrected chi connectivity index (χ4v) is 4.78. The smallest absolute Gasteiger partial charge is 0.297 e. The van der Waals surface area contributed by atoms with Crippen LogP contribution in [0.5, 0.6) is 0 Å². The summed E-state index contributed by atoms with van der Waals surface area (Å²) in [5.41, 5.74) is -1.78. The van der Waals surface area contributed by atoms with Crippen molar-refractivity contribution in [1.29, 1.82) is 0 Å². The summed E-state index contributed by atoms with van der Waals surface area (Å²) in [7, 11) is 0. The normalized spacial score (nSPS) is 17.6. The van der Waals surface area contributed by atoms with Gasteiger partial charge in [-0.05, 0) is 48.2 Å². The van der Waals surface area contributed by atoms with E-state index < -0.39 is 29.0 Å². The first-order valence-corrected chi connectivity index (χ1v) is 11.7. The first-order chi connectivity index (χ1) is 16.9. The average molecular weight is 506 g/mol. The Morgan fingerprint density at radius 1 is 0.611 bits per heavy atom. The topological polar surface area (TPSA) is 6.48 Å². The Kier molecular flexibility index (Phi) is 7.48. The molecule has 4 rings (SSSR count). The second kappa shape index (κ2) is 10.3. The van der Waals surface area contributed by atoms with Crippen molar-refractivity contribution in [1.82, 2.24) is 9.80 Å². The zero-order chi connectivity index (χ0) is 26.0. The molecular formula is C28H27F6N2. The molecule has 2 nitrogen and oxygen atoms in total. The van der Waals surface area contributed by atoms with E-state index in [1.54, 1.807) is 12.1 Å². The molecule has 0 aliphatic carbocycles. The van der Waals surface area contributed by atoms with Gasteiger partial charge in [0, 0.05) is 32.7 Å². The molecule has 3 aromatic carbocycles. The van der Waals surface area contributed by atoms with E-state index in [0.29, 0.717) is 26.2 Å². The Bertz CT molecular complexity index is 1100. The summed E-state index contributed by atoms with van der Waals surface area (Å²) in [5, 5.41) is 0. The third-order valence-electron chi connectivity index (χ3n) is 6.68. The maximum atomic E-state index is 13.5. The van der Waals surface area contributed by atoms with Gasteiger partial charge in [-0.1, -0.05) is 60.7 Å². The summed E-state index contributed by atoms with van der Waals surface area (Å²) >= 11 is 0. The summed E-state index contributed by atoms with van der Waals surface area (Å²) in [4.78, 5) is 4.35. The van der Waals surface area contributed by atoms with Crippen LogP contribution in [-0.4, -0.2) is 36.0 Å². The third kappa shape index (κ3) is 6.10. The van der Waals surface area contributed by atoms with Gasteiger partial charge < -0.3 is 0 Å². The van der Waals surface area contributed by atoms with Crippen LogP contribution < -0.4 is 0 Å². The highest BCUT2D eigenvalue weighted by Crippen LogP contribution is 2.39. The molecular weight excluding hydrogens is 478 g/mol. The van der Waals surface area contributed by atoms with Crippen LogP contribution >= 0.6 is 0 Å². The van der Waals surface area contributed by atoms with Gasteiger partial charge in [-0.25, -0.2) is 0 Å². The van der Waals surface area contributed by atoms with Crippen molar-refractivity contribution in [3.8, 4) is 0 Å². The second-order valence-electron chi connectivity index (χ2n) is 9.24. The highest BCUT2D eigenvalue weighted by molar-refractivity contribution is 5.37. The Balaban J connectivity index is 1.63. The fraction of sp³-hybridized carbons (Fsp3) is 0.321. The Labute approximate surface area is 207 Å². The van der Waals surface area contributed by atoms with E-state index in [0.717, 1.165) is 24.2 Å². The Hall–Kier alpha value is -2.84. The highest BCUT2D eigenvalue weighted by atomic mass is 19.4. The molecule has 1 atom stereocenters. The van der Waals surface area contributed by atoms with Gasteiger partial charge in [0.2, 0.25) is 0 Å². The van der Waals surface area contributed by atoms with E-state index in [1.165, 1.54) is 5.56 Å². The molecule has 0 N–H and O–H groups in total. The SMILES string of the molecule is [CH2]C(Cc1cc(C(F)(F)F)cc(C(F)(F)F)c1)(c1ccccc1)N1CCN(Cc2ccccc2)CC1. The van der Waals surface area contributed by atoms with Gasteiger partial charge in [0.25, 0.3) is 0 Å². The maximum absolute atomic E-state index is 13.5. The fourth-order valence-electron chi connectivity index (χ4n) is 4.78. The summed E-state index contributed by atoms with van der Waals surface area (Å²) < 4.78 is 80.8. The first-order valence-electron chi connectivity index (χ1n) is 11.7. The molecule has 8 heteroatoms. The number of nitrogens with zero attached hydrogens (tertiary/aromatic N) is 2. The van der Waals surface area contributed by atoms with Crippen molar-refractivity contribution in [3.05, 3.63) is 114 Å². The van der Waals surface area contributed by atoms with Crippen molar-refractivity contribution < 1.29 is 26.3 Å². The molecule has 1 aliphatic heterocycles. The highest BCUT2D eigenvalue weighted by Gasteiger charge is 2.40. The van der Waals surface area contributed by atoms with E-state index in [2.05, 4.69) is 16.7 Å². The minimum atomic E-state index is -4.89. The van der Waals surface area contributed by atoms with Crippen LogP contribution in [0.4, 0.5) is 26.3 Å². The second-order valence-corrected chi connectivity index (χ2v) is 9.24. The van der Waals surface area contributed by atoms with E-state index in [4.69, 9.17) is 0 Å². The number of halogens is 6. The number of hydrogen-bond donors (Lipinski definition) is 0. The van der Waals surface area contributed by atoms with Crippen LogP contribution in [0.15, 0.2) is 78.9 Å². The molecule has 1 radical (unpaired) electrons. The molecule has 0 bridgehead atoms. The lowest BCUT2D eigenvalue weighted by atomic mass is 9.82. The lowest BCUT2D eigenvalue weighted by Gasteiger charge is -2.46. The molecule has 1 unspecified atom stereocenters. The molecule has 0 saturated carbocycles. The van der Waals surface area contributed by atoms with Crippen molar-refractivity contribution in [2.45, 2.75) is 30.9 Å². The van der Waals surface area contributed by atoms with Gasteiger partial charge in [0.05, 0.1) is 16.7 Å². The van der Waals surface area contributed by atoms with Crippen LogP contribution in [-0.2, 0) is 30.9 Å². The molecule has 191 valence electrons. The van der Waals surface area contributed by atoms with E-state index in [-0.39, 0.29) is 18.1 Å². The number of piperazine rings is 1. The quantitative estimate of drug-likeness (QED) is 0.340. The van der Waals surface area contributed by atoms with Crippen molar-refractivity contribution >= 4 is 0 Å². The van der Waals surface area contributed by atoms with Crippen LogP contribution in [0.25, 0.3) is 0 Å². The average Bonchev–Trinajstić information content (AvgIpc) is 2.84. The van der Waals surface area contributed by atoms with Crippen LogP contribution in [0, 0.1) is 6.92 Å². The minimum absolute atomic E-state index is 0.0530. The van der Waals surface area contributed by atoms with Gasteiger partial charge in [-0.15, -0.1) is 0 Å². The predicted octanol–water partition coefficient (Wildman–Crippen LogP) is 6.81. The largest absolute Gasteiger partial charge is 0.416 e. The maximum Gasteiger partial charge on any atom is 0.416 e. The van der Waals surface area contributed by atoms with E-state index in [1.807, 2.05) is 48.5 Å². The van der Waals surface area contributed by atoms with Gasteiger partial charge >= 0.3 is 12.4 Å². The standard InChI is InChI=1S/C28H27F6N2/c1-26(23-10-6-3-7-11-23,36-14-12-35(13-15-36)20-21-8-4-2-5-9-21)19-22-16-24(27(29,30)31)18-25(17-22)28(32,33)34/h2-11,16-18H,1,12-15,19-20H2. The molecule has 0 spiro atoms. The van der Waals surface area contributed by atoms with E-state index in [9.17, 15) is 26.3 Å². The molecule has 0 amide bonds. The zero-order valence-electron chi connectivity index (χ0n) is 19.6. The van der Waals surface area contributed by atoms with Gasteiger partial charge in [0.15, 0.2) is 0 Å². The number of alkyl halides is 6. The Morgan fingerprint density at radius 3 is 1.61 bits per heavy atom. The molecule has 1 heterocycles. The molecule has 36 heavy (non-hydrogen) atoms. The van der Waals surface area contributed by atoms with Gasteiger partial charge in [-0.3, -0.25) is 9.80 Å². The number of hydrogen-bond acceptors (Lipinski definition) is 2. The first kappa shape index (κ1) is 26.2. The number of benzene rings is 3. The zero-order valence-corrected chi connectivity index (χ0v) is 19.6. The van der Waals surface area contributed by atoms with Crippen LogP contribution in [0.2, 0.25) is 0 Å². The van der Waals surface area contributed by atoms with E-state index >= 15 is 0 Å². The van der Waals surface area contributed by atoms with Crippen molar-refractivity contribution in [3.63, 3.8) is 0 Å². The third-order valence-corrected chi connectivity index (χ3v) is 6.68. The summed E-state index contributed by atoms with van der Waals surface area (Å²) in [5.74, 6) is 0. The van der Waals surface area contributed by atoms with Crippen molar-refractivity contribution in [2.24, 2.45) is 0 Å². The lowest BCUT2D eigenvalue weighted by molar-refractivity contribution is -0.143. The molecule has 0 aromatic heterocycles. The Morgan fingerprint density at radius 2 is 1.11 bits per heavy atom. The van der Waals surface area contributed by atoms with Crippen molar-refractivity contribution in [2.75, 3.05) is 26.2 Å². The summed E-state index contributed by atoms with van der Waals surface area (Å²) in [6, 6.07) is 20.8. The molecule has 1 aliphatic rings. The van der Waals surface area contributed by atoms with Gasteiger partial charge in [0.1, 0.15) is 0 Å². The minimum Gasteiger partial charge on any atom is -0.297 e. The predicted molar refractivity (Wildman–Crippen MR) is 127 cm³/mol. The monoisotopic (exact) mass is 505 g/mol. The molecule has 1 saturated heterocycles. The summed E-state index contributed by atoms with van der Waals surface area (Å²) in [6.45, 7) is 7.73. The van der Waals surface area contributed by atoms with Crippen LogP contribution in [0.1, 0.15) is 27.8 Å². The van der Waals surface area contributed by atoms with Gasteiger partial charge in [-0.2, -0.15) is 26.3 Å². The number of rotatable bonds is 6. The lowest BCUT2D eigenvalue weighted by Crippen LogP contribution is -2.55. The summed E-state index contributed by atoms with van der Waals surface area (Å²) in [6.07, 6.45) is -9.88. The molecule has 3 aromatic rings. The molecule has 1 fully saturated rings.